The zero-order valence-corrected chi connectivity index (χ0v) is 18.6. The third-order valence-electron chi connectivity index (χ3n) is 7.20. The SMILES string of the molecule is Cc1cc(C2CC(C)(c3cc(C)c(O)c(C)c3)CCC2C(C)C)cc(C)c1O. The van der Waals surface area contributed by atoms with E-state index >= 15 is 0 Å². The second-order valence-electron chi connectivity index (χ2n) is 9.78. The molecular formula is C26H36O2. The maximum Gasteiger partial charge on any atom is 0.121 e. The van der Waals surface area contributed by atoms with Crippen molar-refractivity contribution in [3.8, 4) is 11.5 Å². The maximum atomic E-state index is 10.2. The third-order valence-corrected chi connectivity index (χ3v) is 7.20. The van der Waals surface area contributed by atoms with Crippen LogP contribution in [0.3, 0.4) is 0 Å². The molecule has 0 heterocycles. The van der Waals surface area contributed by atoms with E-state index in [4.69, 9.17) is 0 Å². The standard InChI is InChI=1S/C26H36O2/c1-15(2)22-8-9-26(7,21-12-18(5)25(28)19(6)13-21)14-23(22)20-10-16(3)24(27)17(4)11-20/h10-13,15,22-23,27-28H,8-9,14H2,1-7H3. The van der Waals surface area contributed by atoms with Crippen molar-refractivity contribution in [3.05, 3.63) is 57.6 Å². The fraction of sp³-hybridized carbons (Fsp3) is 0.538. The van der Waals surface area contributed by atoms with Crippen LogP contribution in [0, 0.1) is 39.5 Å². The van der Waals surface area contributed by atoms with E-state index in [2.05, 4.69) is 45.0 Å². The van der Waals surface area contributed by atoms with E-state index in [1.165, 1.54) is 24.0 Å². The molecule has 2 heteroatoms. The molecule has 2 aromatic rings. The van der Waals surface area contributed by atoms with E-state index in [1.54, 1.807) is 0 Å². The molecule has 0 amide bonds. The summed E-state index contributed by atoms with van der Waals surface area (Å²) in [6.07, 6.45) is 3.48. The molecule has 0 bridgehead atoms. The maximum absolute atomic E-state index is 10.2. The van der Waals surface area contributed by atoms with E-state index in [0.29, 0.717) is 29.3 Å². The van der Waals surface area contributed by atoms with Crippen molar-refractivity contribution in [1.82, 2.24) is 0 Å². The number of aryl methyl sites for hydroxylation is 4. The predicted octanol–water partition coefficient (Wildman–Crippen LogP) is 6.83. The summed E-state index contributed by atoms with van der Waals surface area (Å²) < 4.78 is 0. The summed E-state index contributed by atoms with van der Waals surface area (Å²) in [6, 6.07) is 8.76. The molecule has 3 rings (SSSR count). The van der Waals surface area contributed by atoms with Crippen molar-refractivity contribution in [2.75, 3.05) is 0 Å². The highest BCUT2D eigenvalue weighted by Gasteiger charge is 2.41. The summed E-state index contributed by atoms with van der Waals surface area (Å²) in [5.74, 6) is 2.60. The van der Waals surface area contributed by atoms with Crippen LogP contribution in [0.5, 0.6) is 11.5 Å². The molecule has 2 N–H and O–H groups in total. The number of benzene rings is 2. The molecule has 2 aromatic carbocycles. The van der Waals surface area contributed by atoms with Crippen LogP contribution in [0.1, 0.15) is 79.3 Å². The van der Waals surface area contributed by atoms with Crippen LogP contribution in [0.2, 0.25) is 0 Å². The first-order valence-electron chi connectivity index (χ1n) is 10.6. The van der Waals surface area contributed by atoms with Gasteiger partial charge in [-0.25, -0.2) is 0 Å². The van der Waals surface area contributed by atoms with Crippen molar-refractivity contribution in [2.24, 2.45) is 11.8 Å². The van der Waals surface area contributed by atoms with Gasteiger partial charge in [0.25, 0.3) is 0 Å². The summed E-state index contributed by atoms with van der Waals surface area (Å²) in [6.45, 7) is 15.1. The van der Waals surface area contributed by atoms with Gasteiger partial charge in [-0.2, -0.15) is 0 Å². The van der Waals surface area contributed by atoms with Crippen LogP contribution in [0.4, 0.5) is 0 Å². The highest BCUT2D eigenvalue weighted by atomic mass is 16.3. The average molecular weight is 381 g/mol. The molecule has 1 aliphatic rings. The van der Waals surface area contributed by atoms with Crippen LogP contribution >= 0.6 is 0 Å². The lowest BCUT2D eigenvalue weighted by Crippen LogP contribution is -2.36. The van der Waals surface area contributed by atoms with Gasteiger partial charge in [-0.05, 0) is 104 Å². The van der Waals surface area contributed by atoms with Gasteiger partial charge < -0.3 is 10.2 Å². The zero-order chi connectivity index (χ0) is 20.8. The second-order valence-corrected chi connectivity index (χ2v) is 9.78. The van der Waals surface area contributed by atoms with Gasteiger partial charge in [0, 0.05) is 0 Å². The summed E-state index contributed by atoms with van der Waals surface area (Å²) in [4.78, 5) is 0. The van der Waals surface area contributed by atoms with Crippen molar-refractivity contribution in [3.63, 3.8) is 0 Å². The lowest BCUT2D eigenvalue weighted by Gasteiger charge is -2.45. The Hall–Kier alpha value is -1.96. The minimum Gasteiger partial charge on any atom is -0.507 e. The number of aromatic hydroxyl groups is 2. The normalized spacial score (nSPS) is 25.3. The Bertz CT molecular complexity index is 834. The molecule has 0 radical (unpaired) electrons. The quantitative estimate of drug-likeness (QED) is 0.612. The summed E-state index contributed by atoms with van der Waals surface area (Å²) >= 11 is 0. The van der Waals surface area contributed by atoms with Gasteiger partial charge in [0.1, 0.15) is 11.5 Å². The molecule has 28 heavy (non-hydrogen) atoms. The highest BCUT2D eigenvalue weighted by Crippen LogP contribution is 2.51. The van der Waals surface area contributed by atoms with Gasteiger partial charge in [0.05, 0.1) is 0 Å². The fourth-order valence-corrected chi connectivity index (χ4v) is 5.36. The zero-order valence-electron chi connectivity index (χ0n) is 18.6. The van der Waals surface area contributed by atoms with Crippen LogP contribution in [-0.4, -0.2) is 10.2 Å². The predicted molar refractivity (Wildman–Crippen MR) is 117 cm³/mol. The average Bonchev–Trinajstić information content (AvgIpc) is 2.63. The molecule has 1 aliphatic carbocycles. The molecule has 1 fully saturated rings. The molecule has 0 spiro atoms. The molecule has 3 atom stereocenters. The van der Waals surface area contributed by atoms with E-state index in [1.807, 2.05) is 27.7 Å². The monoisotopic (exact) mass is 380 g/mol. The van der Waals surface area contributed by atoms with Crippen LogP contribution in [0.15, 0.2) is 24.3 Å². The second kappa shape index (κ2) is 7.46. The summed E-state index contributed by atoms with van der Waals surface area (Å²) in [5, 5.41) is 20.5. The largest absolute Gasteiger partial charge is 0.507 e. The van der Waals surface area contributed by atoms with Crippen molar-refractivity contribution in [1.29, 1.82) is 0 Å². The first-order chi connectivity index (χ1) is 13.0. The minimum atomic E-state index is 0.0962. The Morgan fingerprint density at radius 1 is 0.857 bits per heavy atom. The van der Waals surface area contributed by atoms with Gasteiger partial charge in [0.15, 0.2) is 0 Å². The van der Waals surface area contributed by atoms with E-state index in [-0.39, 0.29) is 5.41 Å². The van der Waals surface area contributed by atoms with Gasteiger partial charge in [-0.3, -0.25) is 0 Å². The lowest BCUT2D eigenvalue weighted by atomic mass is 9.59. The number of hydrogen-bond donors (Lipinski definition) is 2. The van der Waals surface area contributed by atoms with Gasteiger partial charge in [0.2, 0.25) is 0 Å². The first kappa shape index (κ1) is 20.8. The Balaban J connectivity index is 2.05. The Morgan fingerprint density at radius 2 is 1.32 bits per heavy atom. The number of rotatable bonds is 3. The molecule has 0 aromatic heterocycles. The van der Waals surface area contributed by atoms with Crippen LogP contribution in [0.25, 0.3) is 0 Å². The Labute approximate surface area is 170 Å². The van der Waals surface area contributed by atoms with E-state index < -0.39 is 0 Å². The Kier molecular flexibility index (Phi) is 5.53. The lowest BCUT2D eigenvalue weighted by molar-refractivity contribution is 0.170. The topological polar surface area (TPSA) is 40.5 Å². The molecule has 2 nitrogen and oxygen atoms in total. The fourth-order valence-electron chi connectivity index (χ4n) is 5.36. The van der Waals surface area contributed by atoms with Gasteiger partial charge >= 0.3 is 0 Å². The Morgan fingerprint density at radius 3 is 1.79 bits per heavy atom. The smallest absolute Gasteiger partial charge is 0.121 e. The van der Waals surface area contributed by atoms with Crippen LogP contribution in [-0.2, 0) is 5.41 Å². The van der Waals surface area contributed by atoms with Gasteiger partial charge in [-0.15, -0.1) is 0 Å². The highest BCUT2D eigenvalue weighted by molar-refractivity contribution is 5.46. The number of hydrogen-bond acceptors (Lipinski definition) is 2. The van der Waals surface area contributed by atoms with Crippen molar-refractivity contribution in [2.45, 2.75) is 79.1 Å². The summed E-state index contributed by atoms with van der Waals surface area (Å²) in [7, 11) is 0. The van der Waals surface area contributed by atoms with Gasteiger partial charge in [-0.1, -0.05) is 45.0 Å². The molecule has 3 unspecified atom stereocenters. The number of phenolic OH excluding ortho intramolecular Hbond substituents is 2. The molecule has 152 valence electrons. The van der Waals surface area contributed by atoms with E-state index in [0.717, 1.165) is 28.7 Å². The van der Waals surface area contributed by atoms with Crippen molar-refractivity contribution < 1.29 is 10.2 Å². The molecule has 0 saturated heterocycles. The number of phenols is 2. The molecule has 0 aliphatic heterocycles. The molecular weight excluding hydrogens is 344 g/mol. The molecule has 1 saturated carbocycles. The van der Waals surface area contributed by atoms with Crippen LogP contribution < -0.4 is 0 Å². The van der Waals surface area contributed by atoms with E-state index in [9.17, 15) is 10.2 Å². The minimum absolute atomic E-state index is 0.0962. The first-order valence-corrected chi connectivity index (χ1v) is 10.6. The third kappa shape index (κ3) is 3.66. The summed E-state index contributed by atoms with van der Waals surface area (Å²) in [5.41, 5.74) is 6.69. The van der Waals surface area contributed by atoms with Crippen molar-refractivity contribution >= 4 is 0 Å².